The van der Waals surface area contributed by atoms with Crippen LogP contribution in [-0.2, 0) is 4.74 Å². The van der Waals surface area contributed by atoms with Gasteiger partial charge in [-0.1, -0.05) is 32.1 Å². The number of nitrogens with one attached hydrogen (secondary N) is 2. The maximum absolute atomic E-state index is 9.35. The van der Waals surface area contributed by atoms with Gasteiger partial charge in [0.25, 0.3) is 0 Å². The number of aliphatic hydroxyl groups is 1. The van der Waals surface area contributed by atoms with E-state index in [0.717, 1.165) is 57.6 Å². The highest BCUT2D eigenvalue weighted by atomic mass is 16.5. The zero-order valence-electron chi connectivity index (χ0n) is 15.5. The quantitative estimate of drug-likeness (QED) is 0.493. The number of aliphatic hydroxyl groups excluding tert-OH is 1. The Kier molecular flexibility index (Phi) is 8.89. The maximum Gasteiger partial charge on any atom is 0.191 e. The van der Waals surface area contributed by atoms with Crippen molar-refractivity contribution in [2.45, 2.75) is 64.7 Å². The van der Waals surface area contributed by atoms with Gasteiger partial charge in [0.05, 0.1) is 13.2 Å². The summed E-state index contributed by atoms with van der Waals surface area (Å²) in [6.45, 7) is 6.46. The van der Waals surface area contributed by atoms with Crippen LogP contribution >= 0.6 is 0 Å². The van der Waals surface area contributed by atoms with E-state index >= 15 is 0 Å². The Bertz CT molecular complexity index is 360. The minimum Gasteiger partial charge on any atom is -0.396 e. The molecular weight excluding hydrogens is 302 g/mol. The molecule has 2 fully saturated rings. The summed E-state index contributed by atoms with van der Waals surface area (Å²) in [5.74, 6) is 1.69. The highest BCUT2D eigenvalue weighted by Gasteiger charge is 2.34. The molecular formula is C19H37N3O2. The topological polar surface area (TPSA) is 65.9 Å². The molecule has 24 heavy (non-hydrogen) atoms. The molecule has 0 aromatic rings. The molecule has 2 aliphatic rings. The fraction of sp³-hybridized carbons (Fsp3) is 0.947. The average Bonchev–Trinajstić information content (AvgIpc) is 3.00. The molecule has 1 aliphatic carbocycles. The monoisotopic (exact) mass is 339 g/mol. The van der Waals surface area contributed by atoms with E-state index in [0.29, 0.717) is 0 Å². The van der Waals surface area contributed by atoms with Crippen LogP contribution in [0.4, 0.5) is 0 Å². The highest BCUT2D eigenvalue weighted by Crippen LogP contribution is 2.32. The smallest absolute Gasteiger partial charge is 0.191 e. The van der Waals surface area contributed by atoms with Crippen molar-refractivity contribution in [2.75, 3.05) is 39.5 Å². The third kappa shape index (κ3) is 6.60. The van der Waals surface area contributed by atoms with E-state index in [1.54, 1.807) is 0 Å². The summed E-state index contributed by atoms with van der Waals surface area (Å²) < 4.78 is 5.56. The fourth-order valence-electron chi connectivity index (χ4n) is 3.86. The second kappa shape index (κ2) is 10.9. The van der Waals surface area contributed by atoms with Crippen LogP contribution in [0.3, 0.4) is 0 Å². The molecule has 140 valence electrons. The summed E-state index contributed by atoms with van der Waals surface area (Å²) in [5, 5.41) is 16.3. The van der Waals surface area contributed by atoms with Gasteiger partial charge in [0.15, 0.2) is 5.96 Å². The van der Waals surface area contributed by atoms with Gasteiger partial charge in [-0.25, -0.2) is 0 Å². The van der Waals surface area contributed by atoms with Crippen LogP contribution in [-0.4, -0.2) is 50.5 Å². The lowest BCUT2D eigenvalue weighted by Gasteiger charge is -2.25. The molecule has 0 spiro atoms. The van der Waals surface area contributed by atoms with Gasteiger partial charge in [-0.15, -0.1) is 0 Å². The molecule has 1 unspecified atom stereocenters. The van der Waals surface area contributed by atoms with Gasteiger partial charge >= 0.3 is 0 Å². The molecule has 1 heterocycles. The summed E-state index contributed by atoms with van der Waals surface area (Å²) in [6.07, 6.45) is 11.4. The average molecular weight is 340 g/mol. The SMILES string of the molecule is CCNC(=NCC1(CCO)CCOC1)NCC1CCCCCCC1. The first-order chi connectivity index (χ1) is 11.8. The molecule has 0 aromatic heterocycles. The third-order valence-electron chi connectivity index (χ3n) is 5.53. The van der Waals surface area contributed by atoms with Gasteiger partial charge in [-0.3, -0.25) is 4.99 Å². The van der Waals surface area contributed by atoms with E-state index in [1.807, 2.05) is 0 Å². The minimum atomic E-state index is 0.0251. The van der Waals surface area contributed by atoms with Crippen LogP contribution in [0.25, 0.3) is 0 Å². The number of hydrogen-bond donors (Lipinski definition) is 3. The molecule has 0 radical (unpaired) electrons. The van der Waals surface area contributed by atoms with E-state index in [9.17, 15) is 5.11 Å². The lowest BCUT2D eigenvalue weighted by molar-refractivity contribution is 0.131. The first-order valence-corrected chi connectivity index (χ1v) is 9.99. The molecule has 1 saturated heterocycles. The lowest BCUT2D eigenvalue weighted by Crippen LogP contribution is -2.41. The predicted molar refractivity (Wildman–Crippen MR) is 99.4 cm³/mol. The summed E-state index contributed by atoms with van der Waals surface area (Å²) in [6, 6.07) is 0. The zero-order chi connectivity index (χ0) is 17.1. The summed E-state index contributed by atoms with van der Waals surface area (Å²) >= 11 is 0. The van der Waals surface area contributed by atoms with Gasteiger partial charge in [0.2, 0.25) is 0 Å². The van der Waals surface area contributed by atoms with Crippen molar-refractivity contribution in [1.29, 1.82) is 0 Å². The number of guanidine groups is 1. The zero-order valence-corrected chi connectivity index (χ0v) is 15.5. The standard InChI is InChI=1S/C19H37N3O2/c1-2-20-18(21-14-17-8-6-4-3-5-7-9-17)22-15-19(10-12-23)11-13-24-16-19/h17,23H,2-16H2,1H3,(H2,20,21,22). The van der Waals surface area contributed by atoms with Crippen molar-refractivity contribution in [1.82, 2.24) is 10.6 Å². The third-order valence-corrected chi connectivity index (χ3v) is 5.53. The maximum atomic E-state index is 9.35. The van der Waals surface area contributed by atoms with Crippen molar-refractivity contribution in [2.24, 2.45) is 16.3 Å². The van der Waals surface area contributed by atoms with Crippen molar-refractivity contribution in [3.8, 4) is 0 Å². The Hall–Kier alpha value is -0.810. The van der Waals surface area contributed by atoms with E-state index in [-0.39, 0.29) is 12.0 Å². The molecule has 1 saturated carbocycles. The van der Waals surface area contributed by atoms with E-state index in [1.165, 1.54) is 44.9 Å². The molecule has 0 amide bonds. The van der Waals surface area contributed by atoms with E-state index in [2.05, 4.69) is 17.6 Å². The Morgan fingerprint density at radius 3 is 2.54 bits per heavy atom. The molecule has 2 rings (SSSR count). The second-order valence-corrected chi connectivity index (χ2v) is 7.56. The van der Waals surface area contributed by atoms with E-state index < -0.39 is 0 Å². The fourth-order valence-corrected chi connectivity index (χ4v) is 3.86. The summed E-state index contributed by atoms with van der Waals surface area (Å²) in [7, 11) is 0. The van der Waals surface area contributed by atoms with Gasteiger partial charge in [-0.2, -0.15) is 0 Å². The highest BCUT2D eigenvalue weighted by molar-refractivity contribution is 5.79. The molecule has 0 aromatic carbocycles. The Balaban J connectivity index is 1.85. The normalized spacial score (nSPS) is 26.8. The van der Waals surface area contributed by atoms with Crippen molar-refractivity contribution in [3.63, 3.8) is 0 Å². The van der Waals surface area contributed by atoms with Crippen LogP contribution in [0.1, 0.15) is 64.7 Å². The molecule has 5 nitrogen and oxygen atoms in total. The van der Waals surface area contributed by atoms with Gasteiger partial charge < -0.3 is 20.5 Å². The Labute approximate surface area is 147 Å². The van der Waals surface area contributed by atoms with Gasteiger partial charge in [0, 0.05) is 31.7 Å². The Morgan fingerprint density at radius 1 is 1.17 bits per heavy atom. The first-order valence-electron chi connectivity index (χ1n) is 9.99. The van der Waals surface area contributed by atoms with Crippen molar-refractivity contribution >= 4 is 5.96 Å². The van der Waals surface area contributed by atoms with Gasteiger partial charge in [-0.05, 0) is 38.5 Å². The molecule has 1 aliphatic heterocycles. The van der Waals surface area contributed by atoms with Crippen LogP contribution in [0, 0.1) is 11.3 Å². The van der Waals surface area contributed by atoms with Crippen LogP contribution in [0.5, 0.6) is 0 Å². The number of ether oxygens (including phenoxy) is 1. The molecule has 5 heteroatoms. The number of aliphatic imine (C=N–C) groups is 1. The predicted octanol–water partition coefficient (Wildman–Crippen LogP) is 2.69. The van der Waals surface area contributed by atoms with Crippen molar-refractivity contribution in [3.05, 3.63) is 0 Å². The van der Waals surface area contributed by atoms with Gasteiger partial charge in [0.1, 0.15) is 0 Å². The molecule has 1 atom stereocenters. The summed E-state index contributed by atoms with van der Waals surface area (Å²) in [4.78, 5) is 4.82. The largest absolute Gasteiger partial charge is 0.396 e. The number of hydrogen-bond acceptors (Lipinski definition) is 3. The van der Waals surface area contributed by atoms with Crippen LogP contribution in [0.15, 0.2) is 4.99 Å². The lowest BCUT2D eigenvalue weighted by atomic mass is 9.84. The van der Waals surface area contributed by atoms with Crippen LogP contribution in [0.2, 0.25) is 0 Å². The Morgan fingerprint density at radius 2 is 1.92 bits per heavy atom. The molecule has 0 bridgehead atoms. The summed E-state index contributed by atoms with van der Waals surface area (Å²) in [5.41, 5.74) is 0.0251. The number of rotatable bonds is 7. The number of nitrogens with zero attached hydrogens (tertiary/aromatic N) is 1. The van der Waals surface area contributed by atoms with Crippen LogP contribution < -0.4 is 10.6 Å². The second-order valence-electron chi connectivity index (χ2n) is 7.56. The molecule has 3 N–H and O–H groups in total. The van der Waals surface area contributed by atoms with E-state index in [4.69, 9.17) is 9.73 Å². The first kappa shape index (κ1) is 19.5. The van der Waals surface area contributed by atoms with Crippen molar-refractivity contribution < 1.29 is 9.84 Å². The minimum absolute atomic E-state index is 0.0251.